The molecular formula is C10H16N2O3. The van der Waals surface area contributed by atoms with Crippen molar-refractivity contribution in [3.05, 3.63) is 12.7 Å². The molecule has 0 bridgehead atoms. The first-order valence-electron chi connectivity index (χ1n) is 4.87. The lowest BCUT2D eigenvalue weighted by atomic mass is 9.97. The van der Waals surface area contributed by atoms with Gasteiger partial charge in [0.15, 0.2) is 0 Å². The summed E-state index contributed by atoms with van der Waals surface area (Å²) in [7, 11) is 1.70. The van der Waals surface area contributed by atoms with Crippen molar-refractivity contribution in [2.45, 2.75) is 6.42 Å². The fraction of sp³-hybridized carbons (Fsp3) is 0.600. The quantitative estimate of drug-likeness (QED) is 0.695. The number of likely N-dealkylation sites (tertiary alicyclic amines) is 1. The number of rotatable bonds is 4. The fourth-order valence-electron chi connectivity index (χ4n) is 1.62. The van der Waals surface area contributed by atoms with E-state index in [-0.39, 0.29) is 18.4 Å². The molecule has 0 radical (unpaired) electrons. The Morgan fingerprint density at radius 2 is 2.20 bits per heavy atom. The van der Waals surface area contributed by atoms with Crippen LogP contribution >= 0.6 is 0 Å². The van der Waals surface area contributed by atoms with E-state index in [4.69, 9.17) is 5.11 Å². The van der Waals surface area contributed by atoms with Gasteiger partial charge < -0.3 is 14.9 Å². The van der Waals surface area contributed by atoms with Crippen molar-refractivity contribution in [2.75, 3.05) is 26.7 Å². The van der Waals surface area contributed by atoms with Crippen molar-refractivity contribution in [1.82, 2.24) is 9.80 Å². The maximum absolute atomic E-state index is 11.6. The molecule has 0 unspecified atom stereocenters. The van der Waals surface area contributed by atoms with Crippen molar-refractivity contribution in [2.24, 2.45) is 5.92 Å². The Kier molecular flexibility index (Phi) is 3.71. The smallest absolute Gasteiger partial charge is 0.320 e. The minimum atomic E-state index is -0.799. The molecule has 0 aromatic carbocycles. The van der Waals surface area contributed by atoms with Crippen LogP contribution < -0.4 is 0 Å². The van der Waals surface area contributed by atoms with Gasteiger partial charge in [0.25, 0.3) is 0 Å². The van der Waals surface area contributed by atoms with Crippen molar-refractivity contribution < 1.29 is 14.7 Å². The first-order valence-corrected chi connectivity index (χ1v) is 4.87. The number of carbonyl (C=O) groups excluding carboxylic acids is 1. The van der Waals surface area contributed by atoms with Crippen molar-refractivity contribution >= 4 is 12.0 Å². The van der Waals surface area contributed by atoms with Crippen LogP contribution in [0, 0.1) is 5.92 Å². The summed E-state index contributed by atoms with van der Waals surface area (Å²) in [4.78, 5) is 25.2. The fourth-order valence-corrected chi connectivity index (χ4v) is 1.62. The van der Waals surface area contributed by atoms with E-state index >= 15 is 0 Å². The summed E-state index contributed by atoms with van der Waals surface area (Å²) in [5, 5.41) is 8.54. The molecule has 0 spiro atoms. The minimum Gasteiger partial charge on any atom is -0.481 e. The van der Waals surface area contributed by atoms with E-state index in [9.17, 15) is 9.59 Å². The third-order valence-electron chi connectivity index (χ3n) is 2.42. The molecule has 1 rings (SSSR count). The predicted molar refractivity (Wildman–Crippen MR) is 55.5 cm³/mol. The SMILES string of the molecule is C=CCN(C)C(=O)N1CC(CC(=O)O)C1. The van der Waals surface area contributed by atoms with Gasteiger partial charge in [-0.1, -0.05) is 6.08 Å². The second-order valence-electron chi connectivity index (χ2n) is 3.82. The minimum absolute atomic E-state index is 0.0588. The summed E-state index contributed by atoms with van der Waals surface area (Å²) in [5.74, 6) is -0.685. The van der Waals surface area contributed by atoms with Crippen LogP contribution in [0.1, 0.15) is 6.42 Å². The first kappa shape index (κ1) is 11.6. The zero-order chi connectivity index (χ0) is 11.4. The van der Waals surface area contributed by atoms with Crippen LogP contribution in [-0.2, 0) is 4.79 Å². The summed E-state index contributed by atoms with van der Waals surface area (Å²) in [6.07, 6.45) is 1.81. The van der Waals surface area contributed by atoms with E-state index in [1.807, 2.05) is 0 Å². The molecule has 5 nitrogen and oxygen atoms in total. The number of hydrogen-bond donors (Lipinski definition) is 1. The summed E-state index contributed by atoms with van der Waals surface area (Å²) in [5.41, 5.74) is 0. The molecular weight excluding hydrogens is 196 g/mol. The summed E-state index contributed by atoms with van der Waals surface area (Å²) in [6, 6.07) is -0.0588. The maximum Gasteiger partial charge on any atom is 0.320 e. The topological polar surface area (TPSA) is 60.9 Å². The Bertz CT molecular complexity index is 272. The number of likely N-dealkylation sites (N-methyl/N-ethyl adjacent to an activating group) is 1. The largest absolute Gasteiger partial charge is 0.481 e. The van der Waals surface area contributed by atoms with Gasteiger partial charge in [-0.3, -0.25) is 4.79 Å². The highest BCUT2D eigenvalue weighted by Gasteiger charge is 2.33. The molecule has 0 aliphatic carbocycles. The van der Waals surface area contributed by atoms with Gasteiger partial charge in [-0.25, -0.2) is 4.79 Å². The molecule has 5 heteroatoms. The number of amides is 2. The van der Waals surface area contributed by atoms with Crippen LogP contribution in [0.15, 0.2) is 12.7 Å². The van der Waals surface area contributed by atoms with Gasteiger partial charge in [0.05, 0.1) is 6.42 Å². The third-order valence-corrected chi connectivity index (χ3v) is 2.42. The average molecular weight is 212 g/mol. The zero-order valence-electron chi connectivity index (χ0n) is 8.85. The number of carboxylic acids is 1. The van der Waals surface area contributed by atoms with Gasteiger partial charge >= 0.3 is 12.0 Å². The molecule has 1 heterocycles. The van der Waals surface area contributed by atoms with Crippen molar-refractivity contribution in [3.63, 3.8) is 0 Å². The van der Waals surface area contributed by atoms with Gasteiger partial charge in [0.2, 0.25) is 0 Å². The second kappa shape index (κ2) is 4.82. The molecule has 0 saturated carbocycles. The van der Waals surface area contributed by atoms with Crippen molar-refractivity contribution in [1.29, 1.82) is 0 Å². The molecule has 0 atom stereocenters. The van der Waals surface area contributed by atoms with Gasteiger partial charge in [-0.15, -0.1) is 6.58 Å². The number of aliphatic carboxylic acids is 1. The molecule has 0 aromatic heterocycles. The highest BCUT2D eigenvalue weighted by Crippen LogP contribution is 2.20. The van der Waals surface area contributed by atoms with E-state index in [2.05, 4.69) is 6.58 Å². The van der Waals surface area contributed by atoms with Crippen LogP contribution in [0.2, 0.25) is 0 Å². The van der Waals surface area contributed by atoms with E-state index in [0.717, 1.165) is 0 Å². The zero-order valence-corrected chi connectivity index (χ0v) is 8.85. The number of hydrogen-bond acceptors (Lipinski definition) is 2. The second-order valence-corrected chi connectivity index (χ2v) is 3.82. The van der Waals surface area contributed by atoms with Crippen LogP contribution in [-0.4, -0.2) is 53.6 Å². The Balaban J connectivity index is 2.28. The molecule has 0 aromatic rings. The normalized spacial score (nSPS) is 15.7. The van der Waals surface area contributed by atoms with Gasteiger partial charge in [-0.2, -0.15) is 0 Å². The molecule has 1 saturated heterocycles. The number of carbonyl (C=O) groups is 2. The van der Waals surface area contributed by atoms with E-state index in [1.165, 1.54) is 0 Å². The monoisotopic (exact) mass is 212 g/mol. The molecule has 2 amide bonds. The molecule has 84 valence electrons. The lowest BCUT2D eigenvalue weighted by Gasteiger charge is -2.40. The lowest BCUT2D eigenvalue weighted by molar-refractivity contribution is -0.139. The van der Waals surface area contributed by atoms with Gasteiger partial charge in [0, 0.05) is 32.6 Å². The maximum atomic E-state index is 11.6. The van der Waals surface area contributed by atoms with Gasteiger partial charge in [-0.05, 0) is 0 Å². The van der Waals surface area contributed by atoms with Crippen LogP contribution in [0.3, 0.4) is 0 Å². The molecule has 1 N–H and O–H groups in total. The van der Waals surface area contributed by atoms with Crippen LogP contribution in [0.25, 0.3) is 0 Å². The third kappa shape index (κ3) is 2.97. The molecule has 15 heavy (non-hydrogen) atoms. The lowest BCUT2D eigenvalue weighted by Crippen LogP contribution is -2.54. The van der Waals surface area contributed by atoms with Crippen LogP contribution in [0.4, 0.5) is 4.79 Å². The van der Waals surface area contributed by atoms with Gasteiger partial charge in [0.1, 0.15) is 0 Å². The Hall–Kier alpha value is -1.52. The van der Waals surface area contributed by atoms with Crippen molar-refractivity contribution in [3.8, 4) is 0 Å². The average Bonchev–Trinajstić information content (AvgIpc) is 2.09. The highest BCUT2D eigenvalue weighted by atomic mass is 16.4. The highest BCUT2D eigenvalue weighted by molar-refractivity contribution is 5.75. The summed E-state index contributed by atoms with van der Waals surface area (Å²) < 4.78 is 0. The Morgan fingerprint density at radius 1 is 1.60 bits per heavy atom. The number of urea groups is 1. The number of carboxylic acid groups (broad SMARTS) is 1. The van der Waals surface area contributed by atoms with E-state index < -0.39 is 5.97 Å². The van der Waals surface area contributed by atoms with E-state index in [1.54, 1.807) is 22.9 Å². The number of nitrogens with zero attached hydrogens (tertiary/aromatic N) is 2. The summed E-state index contributed by atoms with van der Waals surface area (Å²) in [6.45, 7) is 5.16. The predicted octanol–water partition coefficient (Wildman–Crippen LogP) is 0.631. The first-order chi connectivity index (χ1) is 7.04. The standard InChI is InChI=1S/C10H16N2O3/c1-3-4-11(2)10(15)12-6-8(7-12)5-9(13)14/h3,8H,1,4-7H2,2H3,(H,13,14). The summed E-state index contributed by atoms with van der Waals surface area (Å²) >= 11 is 0. The Labute approximate surface area is 89.0 Å². The van der Waals surface area contributed by atoms with Crippen LogP contribution in [0.5, 0.6) is 0 Å². The molecule has 1 fully saturated rings. The molecule has 1 aliphatic heterocycles. The molecule has 1 aliphatic rings. The van der Waals surface area contributed by atoms with E-state index in [0.29, 0.717) is 19.6 Å². The Morgan fingerprint density at radius 3 is 2.67 bits per heavy atom.